The van der Waals surface area contributed by atoms with Gasteiger partial charge in [0.05, 0.1) is 12.3 Å². The Labute approximate surface area is 118 Å². The number of hydrogen-bond donors (Lipinski definition) is 1. The molecule has 0 unspecified atom stereocenters. The fourth-order valence-electron chi connectivity index (χ4n) is 2.57. The quantitative estimate of drug-likeness (QED) is 0.871. The zero-order valence-electron chi connectivity index (χ0n) is 11.4. The monoisotopic (exact) mass is 270 g/mol. The van der Waals surface area contributed by atoms with Gasteiger partial charge >= 0.3 is 0 Å². The van der Waals surface area contributed by atoms with Crippen molar-refractivity contribution in [1.82, 2.24) is 9.97 Å². The number of benzene rings is 1. The second-order valence-corrected chi connectivity index (χ2v) is 5.07. The van der Waals surface area contributed by atoms with Gasteiger partial charge in [0.25, 0.3) is 0 Å². The minimum atomic E-state index is 0.0130. The van der Waals surface area contributed by atoms with Crippen LogP contribution in [0.25, 0.3) is 0 Å². The average Bonchev–Trinajstić information content (AvgIpc) is 2.73. The number of aryl methyl sites for hydroxylation is 1. The van der Waals surface area contributed by atoms with Crippen LogP contribution in [0.4, 0.5) is 0 Å². The molecule has 104 valence electrons. The first kappa shape index (κ1) is 13.1. The number of hydrogen-bond acceptors (Lipinski definition) is 4. The number of aliphatic hydroxyl groups excluding tert-OH is 1. The van der Waals surface area contributed by atoms with Crippen LogP contribution in [-0.2, 0) is 19.4 Å². The molecule has 1 aliphatic rings. The van der Waals surface area contributed by atoms with E-state index in [0.29, 0.717) is 11.6 Å². The van der Waals surface area contributed by atoms with Crippen LogP contribution in [0.3, 0.4) is 0 Å². The number of ether oxygens (including phenoxy) is 1. The lowest BCUT2D eigenvalue weighted by molar-refractivity contribution is 0.281. The van der Waals surface area contributed by atoms with Crippen LogP contribution < -0.4 is 4.74 Å². The minimum absolute atomic E-state index is 0.0130. The van der Waals surface area contributed by atoms with Gasteiger partial charge in [0, 0.05) is 5.56 Å². The number of fused-ring (bicyclic) bond motifs is 1. The highest BCUT2D eigenvalue weighted by Crippen LogP contribution is 2.29. The van der Waals surface area contributed by atoms with Crippen LogP contribution in [0.2, 0.25) is 0 Å². The molecule has 20 heavy (non-hydrogen) atoms. The van der Waals surface area contributed by atoms with Crippen molar-refractivity contribution in [3.63, 3.8) is 0 Å². The minimum Gasteiger partial charge on any atom is -0.439 e. The highest BCUT2D eigenvalue weighted by atomic mass is 16.5. The van der Waals surface area contributed by atoms with E-state index >= 15 is 0 Å². The van der Waals surface area contributed by atoms with Gasteiger partial charge in [0.2, 0.25) is 5.88 Å². The van der Waals surface area contributed by atoms with E-state index in [1.165, 1.54) is 12.8 Å². The Balaban J connectivity index is 1.90. The third kappa shape index (κ3) is 2.80. The van der Waals surface area contributed by atoms with E-state index in [2.05, 4.69) is 9.97 Å². The van der Waals surface area contributed by atoms with Crippen molar-refractivity contribution in [3.05, 3.63) is 47.4 Å². The summed E-state index contributed by atoms with van der Waals surface area (Å²) in [7, 11) is 0. The Hall–Kier alpha value is -1.94. The summed E-state index contributed by atoms with van der Waals surface area (Å²) in [6, 6.07) is 7.46. The van der Waals surface area contributed by atoms with Crippen molar-refractivity contribution in [3.8, 4) is 11.6 Å². The molecule has 0 spiro atoms. The van der Waals surface area contributed by atoms with Crippen molar-refractivity contribution < 1.29 is 9.84 Å². The van der Waals surface area contributed by atoms with Gasteiger partial charge in [-0.2, -0.15) is 0 Å². The van der Waals surface area contributed by atoms with Crippen LogP contribution in [0.5, 0.6) is 11.6 Å². The van der Waals surface area contributed by atoms with Crippen molar-refractivity contribution >= 4 is 0 Å². The molecule has 0 saturated heterocycles. The Morgan fingerprint density at radius 1 is 1.10 bits per heavy atom. The molecule has 1 heterocycles. The summed E-state index contributed by atoms with van der Waals surface area (Å²) >= 11 is 0. The van der Waals surface area contributed by atoms with Gasteiger partial charge < -0.3 is 9.84 Å². The molecule has 4 heteroatoms. The lowest BCUT2D eigenvalue weighted by Crippen LogP contribution is -2.01. The molecule has 0 saturated carbocycles. The Morgan fingerprint density at radius 3 is 2.90 bits per heavy atom. The van der Waals surface area contributed by atoms with Gasteiger partial charge in [-0.15, -0.1) is 0 Å². The molecule has 3 rings (SSSR count). The molecule has 1 aromatic carbocycles. The average molecular weight is 270 g/mol. The molecule has 4 nitrogen and oxygen atoms in total. The van der Waals surface area contributed by atoms with E-state index in [9.17, 15) is 5.11 Å². The summed E-state index contributed by atoms with van der Waals surface area (Å²) in [4.78, 5) is 8.67. The van der Waals surface area contributed by atoms with Crippen LogP contribution in [0.15, 0.2) is 30.6 Å². The highest BCUT2D eigenvalue weighted by molar-refractivity contribution is 5.36. The summed E-state index contributed by atoms with van der Waals surface area (Å²) < 4.78 is 5.91. The number of aliphatic hydroxyl groups is 1. The molecule has 0 aliphatic heterocycles. The largest absolute Gasteiger partial charge is 0.439 e. The molecule has 0 atom stereocenters. The molecule has 0 radical (unpaired) electrons. The number of rotatable bonds is 3. The Kier molecular flexibility index (Phi) is 3.92. The molecule has 0 amide bonds. The highest BCUT2D eigenvalue weighted by Gasteiger charge is 2.15. The lowest BCUT2D eigenvalue weighted by Gasteiger charge is -2.11. The molecular weight excluding hydrogens is 252 g/mol. The maximum Gasteiger partial charge on any atom is 0.225 e. The smallest absolute Gasteiger partial charge is 0.225 e. The fourth-order valence-corrected chi connectivity index (χ4v) is 2.57. The third-order valence-electron chi connectivity index (χ3n) is 3.63. The van der Waals surface area contributed by atoms with Crippen LogP contribution >= 0.6 is 0 Å². The van der Waals surface area contributed by atoms with E-state index in [4.69, 9.17) is 4.74 Å². The Bertz CT molecular complexity index is 599. The summed E-state index contributed by atoms with van der Waals surface area (Å²) in [5.74, 6) is 1.37. The predicted molar refractivity (Wildman–Crippen MR) is 75.7 cm³/mol. The third-order valence-corrected chi connectivity index (χ3v) is 3.63. The topological polar surface area (TPSA) is 55.2 Å². The zero-order valence-corrected chi connectivity index (χ0v) is 11.4. The summed E-state index contributed by atoms with van der Waals surface area (Å²) in [5.41, 5.74) is 3.09. The van der Waals surface area contributed by atoms with E-state index in [1.54, 1.807) is 6.33 Å². The number of nitrogens with zero attached hydrogens (tertiary/aromatic N) is 2. The summed E-state index contributed by atoms with van der Waals surface area (Å²) in [5, 5.41) is 9.18. The maximum atomic E-state index is 9.18. The van der Waals surface area contributed by atoms with E-state index in [-0.39, 0.29) is 6.61 Å². The molecule has 1 aromatic heterocycles. The molecule has 1 aliphatic carbocycles. The van der Waals surface area contributed by atoms with Crippen molar-refractivity contribution in [2.75, 3.05) is 0 Å². The van der Waals surface area contributed by atoms with Gasteiger partial charge in [-0.3, -0.25) is 0 Å². The van der Waals surface area contributed by atoms with Crippen LogP contribution in [-0.4, -0.2) is 15.1 Å². The normalized spacial score (nSPS) is 14.4. The van der Waals surface area contributed by atoms with Gasteiger partial charge in [0.1, 0.15) is 12.1 Å². The van der Waals surface area contributed by atoms with Gasteiger partial charge in [-0.05, 0) is 43.4 Å². The van der Waals surface area contributed by atoms with E-state index in [0.717, 1.165) is 36.1 Å². The van der Waals surface area contributed by atoms with E-state index < -0.39 is 0 Å². The standard InChI is InChI=1S/C16H18N2O2/c19-10-12-5-4-6-13(9-12)20-16-14-7-2-1-3-8-15(14)17-11-18-16/h4-6,9,11,19H,1-3,7-8,10H2. The van der Waals surface area contributed by atoms with Gasteiger partial charge in [-0.1, -0.05) is 18.6 Å². The molecular formula is C16H18N2O2. The van der Waals surface area contributed by atoms with Crippen LogP contribution in [0, 0.1) is 0 Å². The molecule has 2 aromatic rings. The second kappa shape index (κ2) is 6.01. The maximum absolute atomic E-state index is 9.18. The zero-order chi connectivity index (χ0) is 13.8. The van der Waals surface area contributed by atoms with Crippen molar-refractivity contribution in [2.24, 2.45) is 0 Å². The summed E-state index contributed by atoms with van der Waals surface area (Å²) in [6.45, 7) is 0.0130. The van der Waals surface area contributed by atoms with Crippen LogP contribution in [0.1, 0.15) is 36.1 Å². The summed E-state index contributed by atoms with van der Waals surface area (Å²) in [6.07, 6.45) is 7.14. The Morgan fingerprint density at radius 2 is 2.00 bits per heavy atom. The fraction of sp³-hybridized carbons (Fsp3) is 0.375. The first-order chi connectivity index (χ1) is 9.86. The van der Waals surface area contributed by atoms with Crippen molar-refractivity contribution in [1.29, 1.82) is 0 Å². The first-order valence-corrected chi connectivity index (χ1v) is 7.07. The van der Waals surface area contributed by atoms with Gasteiger partial charge in [0.15, 0.2) is 0 Å². The molecule has 1 N–H and O–H groups in total. The first-order valence-electron chi connectivity index (χ1n) is 7.07. The SMILES string of the molecule is OCc1cccc(Oc2ncnc3c2CCCCC3)c1. The number of aromatic nitrogens is 2. The van der Waals surface area contributed by atoms with Crippen molar-refractivity contribution in [2.45, 2.75) is 38.7 Å². The van der Waals surface area contributed by atoms with E-state index in [1.807, 2.05) is 24.3 Å². The molecule has 0 fully saturated rings. The lowest BCUT2D eigenvalue weighted by atomic mass is 10.1. The van der Waals surface area contributed by atoms with Gasteiger partial charge in [-0.25, -0.2) is 9.97 Å². The molecule has 0 bridgehead atoms. The second-order valence-electron chi connectivity index (χ2n) is 5.07. The predicted octanol–water partition coefficient (Wildman–Crippen LogP) is 3.03.